The van der Waals surface area contributed by atoms with E-state index in [4.69, 9.17) is 16.3 Å². The molecule has 0 saturated carbocycles. The van der Waals surface area contributed by atoms with Crippen molar-refractivity contribution in [2.24, 2.45) is 0 Å². The minimum Gasteiger partial charge on any atom is -0.456 e. The van der Waals surface area contributed by atoms with Crippen LogP contribution in [0.2, 0.25) is 5.02 Å². The van der Waals surface area contributed by atoms with Crippen molar-refractivity contribution in [3.63, 3.8) is 0 Å². The standard InChI is InChI=1S/C19H20ClN5O3/c1-11-4-5-14(8-16(11)20)24-17(26)9-28-18(27)7-6-15-12(2)23-19-21-10-22-25(19)13(15)3/h4-5,8,10H,6-7,9H2,1-3H3,(H,24,26). The summed E-state index contributed by atoms with van der Waals surface area (Å²) >= 11 is 6.03. The maximum atomic E-state index is 12.0. The quantitative estimate of drug-likeness (QED) is 0.638. The SMILES string of the molecule is Cc1ccc(NC(=O)COC(=O)CCc2c(C)nc3ncnn3c2C)cc1Cl. The molecule has 0 radical (unpaired) electrons. The van der Waals surface area contributed by atoms with Gasteiger partial charge in [0.15, 0.2) is 6.61 Å². The number of esters is 1. The number of hydrogen-bond donors (Lipinski definition) is 1. The highest BCUT2D eigenvalue weighted by atomic mass is 35.5. The topological polar surface area (TPSA) is 98.5 Å². The van der Waals surface area contributed by atoms with Gasteiger partial charge >= 0.3 is 5.97 Å². The van der Waals surface area contributed by atoms with Crippen LogP contribution in [0.1, 0.15) is 28.9 Å². The Hall–Kier alpha value is -3.00. The van der Waals surface area contributed by atoms with Crippen LogP contribution in [0.5, 0.6) is 0 Å². The van der Waals surface area contributed by atoms with E-state index in [-0.39, 0.29) is 13.0 Å². The molecule has 0 bridgehead atoms. The van der Waals surface area contributed by atoms with E-state index in [1.54, 1.807) is 22.7 Å². The second kappa shape index (κ2) is 8.35. The summed E-state index contributed by atoms with van der Waals surface area (Å²) in [6.07, 6.45) is 2.01. The number of aromatic nitrogens is 4. The number of carbonyl (C=O) groups excluding carboxylic acids is 2. The fraction of sp³-hybridized carbons (Fsp3) is 0.316. The zero-order valence-corrected chi connectivity index (χ0v) is 16.6. The molecule has 1 amide bonds. The summed E-state index contributed by atoms with van der Waals surface area (Å²) in [5.74, 6) is -0.366. The summed E-state index contributed by atoms with van der Waals surface area (Å²) in [5, 5.41) is 7.32. The fourth-order valence-electron chi connectivity index (χ4n) is 2.83. The smallest absolute Gasteiger partial charge is 0.306 e. The van der Waals surface area contributed by atoms with Crippen LogP contribution < -0.4 is 5.32 Å². The predicted molar refractivity (Wildman–Crippen MR) is 104 cm³/mol. The number of benzene rings is 1. The molecule has 0 aliphatic rings. The minimum atomic E-state index is -0.463. The second-order valence-electron chi connectivity index (χ2n) is 6.41. The van der Waals surface area contributed by atoms with Crippen molar-refractivity contribution in [2.75, 3.05) is 11.9 Å². The maximum absolute atomic E-state index is 12.0. The lowest BCUT2D eigenvalue weighted by atomic mass is 10.1. The number of ether oxygens (including phenoxy) is 1. The third kappa shape index (κ3) is 4.45. The number of hydrogen-bond acceptors (Lipinski definition) is 6. The Balaban J connectivity index is 1.52. The zero-order chi connectivity index (χ0) is 20.3. The Morgan fingerprint density at radius 2 is 2.04 bits per heavy atom. The molecule has 3 rings (SSSR count). The average Bonchev–Trinajstić information content (AvgIpc) is 3.11. The minimum absolute atomic E-state index is 0.132. The number of halogens is 1. The van der Waals surface area contributed by atoms with Gasteiger partial charge in [-0.3, -0.25) is 9.59 Å². The van der Waals surface area contributed by atoms with Crippen molar-refractivity contribution >= 4 is 34.9 Å². The van der Waals surface area contributed by atoms with Crippen LogP contribution in [0.25, 0.3) is 5.78 Å². The van der Waals surface area contributed by atoms with Crippen molar-refractivity contribution in [1.29, 1.82) is 0 Å². The van der Waals surface area contributed by atoms with Crippen LogP contribution >= 0.6 is 11.6 Å². The molecule has 0 fully saturated rings. The fourth-order valence-corrected chi connectivity index (χ4v) is 3.01. The number of amides is 1. The van der Waals surface area contributed by atoms with E-state index in [1.165, 1.54) is 6.33 Å². The summed E-state index contributed by atoms with van der Waals surface area (Å²) in [6.45, 7) is 5.28. The van der Waals surface area contributed by atoms with Gasteiger partial charge in [0.05, 0.1) is 0 Å². The van der Waals surface area contributed by atoms with E-state index in [0.717, 1.165) is 22.5 Å². The van der Waals surface area contributed by atoms with E-state index in [2.05, 4.69) is 20.4 Å². The van der Waals surface area contributed by atoms with Crippen LogP contribution in [0.4, 0.5) is 5.69 Å². The van der Waals surface area contributed by atoms with Crippen molar-refractivity contribution in [1.82, 2.24) is 19.6 Å². The molecule has 2 aromatic heterocycles. The summed E-state index contributed by atoms with van der Waals surface area (Å²) in [4.78, 5) is 32.4. The highest BCUT2D eigenvalue weighted by Gasteiger charge is 2.14. The van der Waals surface area contributed by atoms with E-state index in [9.17, 15) is 9.59 Å². The Bertz CT molecular complexity index is 1050. The number of rotatable bonds is 6. The average molecular weight is 402 g/mol. The normalized spacial score (nSPS) is 10.9. The van der Waals surface area contributed by atoms with Crippen LogP contribution in [0.15, 0.2) is 24.5 Å². The Kier molecular flexibility index (Phi) is 5.89. The number of anilines is 1. The molecule has 2 heterocycles. The molecule has 9 heteroatoms. The van der Waals surface area contributed by atoms with Crippen molar-refractivity contribution in [3.8, 4) is 0 Å². The van der Waals surface area contributed by atoms with Crippen LogP contribution in [0, 0.1) is 20.8 Å². The first-order chi connectivity index (χ1) is 13.3. The summed E-state index contributed by atoms with van der Waals surface area (Å²) < 4.78 is 6.70. The third-order valence-electron chi connectivity index (χ3n) is 4.39. The molecule has 0 unspecified atom stereocenters. The largest absolute Gasteiger partial charge is 0.456 e. The van der Waals surface area contributed by atoms with E-state index < -0.39 is 11.9 Å². The van der Waals surface area contributed by atoms with Crippen molar-refractivity contribution in [3.05, 3.63) is 52.1 Å². The molecule has 1 N–H and O–H groups in total. The second-order valence-corrected chi connectivity index (χ2v) is 6.81. The van der Waals surface area contributed by atoms with Gasteiger partial charge in [0, 0.05) is 28.5 Å². The molecule has 1 aromatic carbocycles. The molecule has 0 aliphatic heterocycles. The molecule has 0 saturated heterocycles. The highest BCUT2D eigenvalue weighted by molar-refractivity contribution is 6.31. The molecular weight excluding hydrogens is 382 g/mol. The maximum Gasteiger partial charge on any atom is 0.306 e. The number of nitrogens with zero attached hydrogens (tertiary/aromatic N) is 4. The summed E-state index contributed by atoms with van der Waals surface area (Å²) in [7, 11) is 0. The predicted octanol–water partition coefficient (Wildman–Crippen LogP) is 2.82. The van der Waals surface area contributed by atoms with Gasteiger partial charge in [-0.15, -0.1) is 0 Å². The highest BCUT2D eigenvalue weighted by Crippen LogP contribution is 2.20. The molecule has 0 aliphatic carbocycles. The van der Waals surface area contributed by atoms with Crippen LogP contribution in [-0.4, -0.2) is 38.1 Å². The monoisotopic (exact) mass is 401 g/mol. The number of fused-ring (bicyclic) bond motifs is 1. The van der Waals surface area contributed by atoms with Gasteiger partial charge in [-0.25, -0.2) is 9.50 Å². The van der Waals surface area contributed by atoms with Gasteiger partial charge < -0.3 is 10.1 Å². The zero-order valence-electron chi connectivity index (χ0n) is 15.8. The lowest BCUT2D eigenvalue weighted by Crippen LogP contribution is -2.21. The molecule has 0 atom stereocenters. The molecule has 146 valence electrons. The van der Waals surface area contributed by atoms with Gasteiger partial charge in [0.25, 0.3) is 11.7 Å². The van der Waals surface area contributed by atoms with Gasteiger partial charge in [0.2, 0.25) is 0 Å². The number of carbonyl (C=O) groups is 2. The van der Waals surface area contributed by atoms with E-state index in [0.29, 0.717) is 22.9 Å². The first-order valence-corrected chi connectivity index (χ1v) is 9.10. The third-order valence-corrected chi connectivity index (χ3v) is 4.79. The molecule has 28 heavy (non-hydrogen) atoms. The van der Waals surface area contributed by atoms with E-state index >= 15 is 0 Å². The van der Waals surface area contributed by atoms with Crippen molar-refractivity contribution in [2.45, 2.75) is 33.6 Å². The summed E-state index contributed by atoms with van der Waals surface area (Å²) in [5.41, 5.74) is 4.04. The van der Waals surface area contributed by atoms with Gasteiger partial charge in [0.1, 0.15) is 6.33 Å². The Morgan fingerprint density at radius 3 is 2.79 bits per heavy atom. The molecule has 0 spiro atoms. The van der Waals surface area contributed by atoms with Gasteiger partial charge in [-0.2, -0.15) is 10.1 Å². The van der Waals surface area contributed by atoms with Crippen LogP contribution in [0.3, 0.4) is 0 Å². The Morgan fingerprint density at radius 1 is 1.25 bits per heavy atom. The molecule has 3 aromatic rings. The first kappa shape index (κ1) is 19.8. The lowest BCUT2D eigenvalue weighted by Gasteiger charge is -2.10. The Labute approximate surface area is 166 Å². The van der Waals surface area contributed by atoms with Gasteiger partial charge in [-0.1, -0.05) is 17.7 Å². The van der Waals surface area contributed by atoms with Crippen molar-refractivity contribution < 1.29 is 14.3 Å². The van der Waals surface area contributed by atoms with Gasteiger partial charge in [-0.05, 0) is 50.5 Å². The van der Waals surface area contributed by atoms with Crippen LogP contribution in [-0.2, 0) is 20.7 Å². The number of aryl methyl sites for hydroxylation is 3. The van der Waals surface area contributed by atoms with E-state index in [1.807, 2.05) is 20.8 Å². The summed E-state index contributed by atoms with van der Waals surface area (Å²) in [6, 6.07) is 5.18. The first-order valence-electron chi connectivity index (χ1n) is 8.72. The molecular formula is C19H20ClN5O3. The number of nitrogens with one attached hydrogen (secondary N) is 1. The lowest BCUT2D eigenvalue weighted by molar-refractivity contribution is -0.147. The molecule has 8 nitrogen and oxygen atoms in total.